The van der Waals surface area contributed by atoms with Gasteiger partial charge in [0.2, 0.25) is 0 Å². The monoisotopic (exact) mass is 231 g/mol. The number of aliphatic hydroxyl groups excluding tert-OH is 1. The van der Waals surface area contributed by atoms with Gasteiger partial charge in [-0.25, -0.2) is 4.98 Å². The van der Waals surface area contributed by atoms with Crippen molar-refractivity contribution in [3.05, 3.63) is 42.1 Å². The lowest BCUT2D eigenvalue weighted by molar-refractivity contribution is 0.00339. The molecule has 17 heavy (non-hydrogen) atoms. The van der Waals surface area contributed by atoms with Crippen molar-refractivity contribution in [3.63, 3.8) is 0 Å². The van der Waals surface area contributed by atoms with Crippen molar-refractivity contribution >= 4 is 10.9 Å². The molecule has 0 aliphatic rings. The fraction of sp³-hybridized carbons (Fsp3) is 0.357. The standard InChI is InChI=1S/C14H17NO2/c1-10(2)17-9-14(16)13-8-7-11-5-3-4-6-12(11)15-13/h3-8,10,14,16H,9H2,1-2H3. The molecule has 0 bridgehead atoms. The summed E-state index contributed by atoms with van der Waals surface area (Å²) in [4.78, 5) is 4.42. The van der Waals surface area contributed by atoms with Crippen LogP contribution in [0.3, 0.4) is 0 Å². The number of pyridine rings is 1. The molecule has 0 fully saturated rings. The van der Waals surface area contributed by atoms with Crippen molar-refractivity contribution in [2.24, 2.45) is 0 Å². The molecule has 0 radical (unpaired) electrons. The van der Waals surface area contributed by atoms with E-state index in [1.807, 2.05) is 50.2 Å². The van der Waals surface area contributed by atoms with E-state index in [-0.39, 0.29) is 12.7 Å². The Labute approximate surface area is 101 Å². The molecule has 1 unspecified atom stereocenters. The molecule has 3 heteroatoms. The highest BCUT2D eigenvalue weighted by Gasteiger charge is 2.10. The molecule has 3 nitrogen and oxygen atoms in total. The lowest BCUT2D eigenvalue weighted by Gasteiger charge is -2.13. The summed E-state index contributed by atoms with van der Waals surface area (Å²) in [6.45, 7) is 4.17. The summed E-state index contributed by atoms with van der Waals surface area (Å²) >= 11 is 0. The maximum absolute atomic E-state index is 9.94. The number of benzene rings is 1. The van der Waals surface area contributed by atoms with Crippen LogP contribution in [0.1, 0.15) is 25.6 Å². The SMILES string of the molecule is CC(C)OCC(O)c1ccc2ccccc2n1. The van der Waals surface area contributed by atoms with Gasteiger partial charge in [0.1, 0.15) is 6.10 Å². The van der Waals surface area contributed by atoms with Crippen LogP contribution in [-0.4, -0.2) is 22.8 Å². The van der Waals surface area contributed by atoms with E-state index in [2.05, 4.69) is 4.98 Å². The second kappa shape index (κ2) is 5.25. The highest BCUT2D eigenvalue weighted by atomic mass is 16.5. The normalized spacial score (nSPS) is 13.2. The van der Waals surface area contributed by atoms with Gasteiger partial charge in [0, 0.05) is 5.39 Å². The lowest BCUT2D eigenvalue weighted by Crippen LogP contribution is -2.12. The van der Waals surface area contributed by atoms with Gasteiger partial charge in [-0.1, -0.05) is 24.3 Å². The van der Waals surface area contributed by atoms with E-state index in [0.29, 0.717) is 5.69 Å². The van der Waals surface area contributed by atoms with Crippen molar-refractivity contribution < 1.29 is 9.84 Å². The lowest BCUT2D eigenvalue weighted by atomic mass is 10.1. The average Bonchev–Trinajstić information content (AvgIpc) is 2.35. The second-order valence-electron chi connectivity index (χ2n) is 4.33. The Balaban J connectivity index is 2.18. The number of ether oxygens (including phenoxy) is 1. The topological polar surface area (TPSA) is 42.4 Å². The number of fused-ring (bicyclic) bond motifs is 1. The summed E-state index contributed by atoms with van der Waals surface area (Å²) in [7, 11) is 0. The highest BCUT2D eigenvalue weighted by molar-refractivity contribution is 5.78. The van der Waals surface area contributed by atoms with Crippen molar-refractivity contribution in [1.82, 2.24) is 4.98 Å². The van der Waals surface area contributed by atoms with Crippen LogP contribution in [-0.2, 0) is 4.74 Å². The summed E-state index contributed by atoms with van der Waals surface area (Å²) in [6, 6.07) is 11.7. The number of rotatable bonds is 4. The van der Waals surface area contributed by atoms with Crippen LogP contribution in [0.4, 0.5) is 0 Å². The van der Waals surface area contributed by atoms with E-state index < -0.39 is 6.10 Å². The highest BCUT2D eigenvalue weighted by Crippen LogP contribution is 2.17. The molecular weight excluding hydrogens is 214 g/mol. The Morgan fingerprint density at radius 2 is 1.94 bits per heavy atom. The number of aromatic nitrogens is 1. The quantitative estimate of drug-likeness (QED) is 0.879. The van der Waals surface area contributed by atoms with Gasteiger partial charge in [0.15, 0.2) is 0 Å². The molecule has 0 aliphatic carbocycles. The number of hydrogen-bond acceptors (Lipinski definition) is 3. The Bertz CT molecular complexity index is 496. The van der Waals surface area contributed by atoms with Crippen LogP contribution >= 0.6 is 0 Å². The molecule has 2 aromatic rings. The maximum Gasteiger partial charge on any atom is 0.119 e. The van der Waals surface area contributed by atoms with Gasteiger partial charge < -0.3 is 9.84 Å². The summed E-state index contributed by atoms with van der Waals surface area (Å²) in [5.41, 5.74) is 1.55. The zero-order valence-electron chi connectivity index (χ0n) is 10.1. The van der Waals surface area contributed by atoms with Crippen molar-refractivity contribution in [2.45, 2.75) is 26.1 Å². The Morgan fingerprint density at radius 3 is 2.71 bits per heavy atom. The van der Waals surface area contributed by atoms with Gasteiger partial charge in [-0.05, 0) is 26.0 Å². The molecule has 90 valence electrons. The number of nitrogens with zero attached hydrogens (tertiary/aromatic N) is 1. The zero-order valence-corrected chi connectivity index (χ0v) is 10.1. The molecule has 0 aliphatic heterocycles. The molecule has 1 heterocycles. The van der Waals surface area contributed by atoms with E-state index >= 15 is 0 Å². The molecule has 1 aromatic heterocycles. The van der Waals surface area contributed by atoms with Gasteiger partial charge in [0.25, 0.3) is 0 Å². The van der Waals surface area contributed by atoms with Crippen LogP contribution in [0, 0.1) is 0 Å². The van der Waals surface area contributed by atoms with Gasteiger partial charge >= 0.3 is 0 Å². The fourth-order valence-electron chi connectivity index (χ4n) is 1.64. The fourth-order valence-corrected chi connectivity index (χ4v) is 1.64. The van der Waals surface area contributed by atoms with E-state index in [0.717, 1.165) is 10.9 Å². The van der Waals surface area contributed by atoms with Gasteiger partial charge in [-0.3, -0.25) is 0 Å². The van der Waals surface area contributed by atoms with E-state index in [1.54, 1.807) is 0 Å². The van der Waals surface area contributed by atoms with E-state index in [4.69, 9.17) is 4.74 Å². The first-order chi connectivity index (χ1) is 8.16. The largest absolute Gasteiger partial charge is 0.384 e. The van der Waals surface area contributed by atoms with Gasteiger partial charge in [0.05, 0.1) is 23.9 Å². The third kappa shape index (κ3) is 3.02. The Morgan fingerprint density at radius 1 is 1.18 bits per heavy atom. The molecule has 2 rings (SSSR count). The van der Waals surface area contributed by atoms with Crippen LogP contribution in [0.15, 0.2) is 36.4 Å². The summed E-state index contributed by atoms with van der Waals surface area (Å²) in [6.07, 6.45) is -0.549. The zero-order chi connectivity index (χ0) is 12.3. The van der Waals surface area contributed by atoms with Crippen molar-refractivity contribution in [2.75, 3.05) is 6.61 Å². The number of para-hydroxylation sites is 1. The minimum atomic E-state index is -0.665. The predicted molar refractivity (Wildman–Crippen MR) is 67.8 cm³/mol. The maximum atomic E-state index is 9.94. The molecule has 1 N–H and O–H groups in total. The average molecular weight is 231 g/mol. The van der Waals surface area contributed by atoms with Crippen molar-refractivity contribution in [3.8, 4) is 0 Å². The molecular formula is C14H17NO2. The van der Waals surface area contributed by atoms with Crippen LogP contribution in [0.25, 0.3) is 10.9 Å². The van der Waals surface area contributed by atoms with E-state index in [1.165, 1.54) is 0 Å². The van der Waals surface area contributed by atoms with E-state index in [9.17, 15) is 5.11 Å². The summed E-state index contributed by atoms with van der Waals surface area (Å²) in [5, 5.41) is 11.0. The third-order valence-corrected chi connectivity index (χ3v) is 2.55. The summed E-state index contributed by atoms with van der Waals surface area (Å²) in [5.74, 6) is 0. The van der Waals surface area contributed by atoms with Crippen LogP contribution in [0.5, 0.6) is 0 Å². The molecule has 0 amide bonds. The molecule has 1 aromatic carbocycles. The molecule has 0 saturated heterocycles. The first-order valence-electron chi connectivity index (χ1n) is 5.82. The number of hydrogen-bond donors (Lipinski definition) is 1. The second-order valence-corrected chi connectivity index (χ2v) is 4.33. The van der Waals surface area contributed by atoms with Gasteiger partial charge in [-0.15, -0.1) is 0 Å². The summed E-state index contributed by atoms with van der Waals surface area (Å²) < 4.78 is 5.38. The van der Waals surface area contributed by atoms with Crippen molar-refractivity contribution in [1.29, 1.82) is 0 Å². The molecule has 0 saturated carbocycles. The Hall–Kier alpha value is -1.45. The van der Waals surface area contributed by atoms with Crippen LogP contribution in [0.2, 0.25) is 0 Å². The van der Waals surface area contributed by atoms with Gasteiger partial charge in [-0.2, -0.15) is 0 Å². The smallest absolute Gasteiger partial charge is 0.119 e. The molecule has 0 spiro atoms. The van der Waals surface area contributed by atoms with Crippen LogP contribution < -0.4 is 0 Å². The first-order valence-corrected chi connectivity index (χ1v) is 5.82. The molecule has 1 atom stereocenters. The minimum absolute atomic E-state index is 0.116. The predicted octanol–water partition coefficient (Wildman–Crippen LogP) is 2.69. The minimum Gasteiger partial charge on any atom is -0.384 e. The Kier molecular flexibility index (Phi) is 3.71. The first kappa shape index (κ1) is 12.0. The number of aliphatic hydroxyl groups is 1. The third-order valence-electron chi connectivity index (χ3n) is 2.55.